The summed E-state index contributed by atoms with van der Waals surface area (Å²) < 4.78 is 41.1. The van der Waals surface area contributed by atoms with Gasteiger partial charge in [0.15, 0.2) is 0 Å². The van der Waals surface area contributed by atoms with Gasteiger partial charge >= 0.3 is 6.18 Å². The number of alkyl halides is 3. The van der Waals surface area contributed by atoms with Gasteiger partial charge in [-0.3, -0.25) is 52.7 Å². The van der Waals surface area contributed by atoms with E-state index in [0.717, 1.165) is 44.6 Å². The predicted molar refractivity (Wildman–Crippen MR) is 309 cm³/mol. The fraction of sp³-hybridized carbons (Fsp3) is 0.712. The molecule has 11 amide bonds. The van der Waals surface area contributed by atoms with E-state index < -0.39 is 155 Å². The van der Waals surface area contributed by atoms with Crippen molar-refractivity contribution in [1.82, 2.24) is 55.6 Å². The van der Waals surface area contributed by atoms with Gasteiger partial charge in [-0.1, -0.05) is 70.5 Å². The zero-order valence-corrected chi connectivity index (χ0v) is 52.1. The van der Waals surface area contributed by atoms with Gasteiger partial charge in [-0.05, 0) is 108 Å². The molecule has 2 aliphatic heterocycles. The molecule has 5 rings (SSSR count). The first-order valence-electron chi connectivity index (χ1n) is 29.7. The Kier molecular flexibility index (Phi) is 24.2. The molecule has 26 heteroatoms. The number of carbonyl (C=O) groups is 11. The summed E-state index contributed by atoms with van der Waals surface area (Å²) in [5, 5.41) is 10.9. The molecule has 9 atom stereocenters. The Bertz CT molecular complexity index is 2650. The minimum absolute atomic E-state index is 0.0591. The molecule has 2 heterocycles. The number of carbonyl (C=O) groups excluding carboxylic acids is 11. The average molecular weight is 1220 g/mol. The summed E-state index contributed by atoms with van der Waals surface area (Å²) in [5.41, 5.74) is -2.24. The van der Waals surface area contributed by atoms with E-state index in [9.17, 15) is 61.1 Å². The van der Waals surface area contributed by atoms with Crippen molar-refractivity contribution < 1.29 is 65.9 Å². The molecular formula is C59H89ClF3N11O11. The summed E-state index contributed by atoms with van der Waals surface area (Å²) in [4.78, 5) is 166. The van der Waals surface area contributed by atoms with E-state index in [1.807, 2.05) is 6.92 Å². The second-order valence-electron chi connectivity index (χ2n) is 23.9. The van der Waals surface area contributed by atoms with Crippen molar-refractivity contribution in [3.05, 3.63) is 34.3 Å². The smallest absolute Gasteiger partial charge is 0.351 e. The maximum absolute atomic E-state index is 15.1. The standard InChI is InChI=1S/C59H89ClF3N11O11/c1-13-34(3)48-56(84)69(8)32-46(76)68(7)33-47(77)72(11)43(14-2)55(83)71(10)37(6)50(78)65-42(26-24-38-23-25-40(41(60)31-38)59(61,62)63)54(82)74-29-19-22-44(74)52(80)67-58(27-17-18-28-58)57(85)73(12)49(39-20-15-16-21-39)53(81)64-35(4)30-45(75)70(9)36(5)51(79)66-48/h23,25,31,34-37,39,42-44,48-49H,13-22,24,26-30,32-33H2,1-12H3,(H,64,81)(H,65,78)(H,66,79)(H,67,80)/t34-,35+,36-,37+,42-,43-,44-,48-,49-/m0/s1. The predicted octanol–water partition coefficient (Wildman–Crippen LogP) is 3.50. The highest BCUT2D eigenvalue weighted by atomic mass is 35.5. The lowest BCUT2D eigenvalue weighted by molar-refractivity contribution is -0.150. The first-order chi connectivity index (χ1) is 39.8. The van der Waals surface area contributed by atoms with Crippen LogP contribution in [-0.4, -0.2) is 215 Å². The number of hydrogen-bond donors (Lipinski definition) is 4. The summed E-state index contributed by atoms with van der Waals surface area (Å²) in [6, 6.07) is -5.86. The highest BCUT2D eigenvalue weighted by Gasteiger charge is 2.50. The molecule has 4 fully saturated rings. The van der Waals surface area contributed by atoms with Crippen LogP contribution in [0.3, 0.4) is 0 Å². The van der Waals surface area contributed by atoms with Crippen molar-refractivity contribution in [3.63, 3.8) is 0 Å². The lowest BCUT2D eigenvalue weighted by Gasteiger charge is -2.40. The zero-order chi connectivity index (χ0) is 63.6. The van der Waals surface area contributed by atoms with Crippen LogP contribution in [0.25, 0.3) is 0 Å². The van der Waals surface area contributed by atoms with Crippen molar-refractivity contribution in [2.45, 2.75) is 198 Å². The molecule has 85 heavy (non-hydrogen) atoms. The van der Waals surface area contributed by atoms with E-state index >= 15 is 4.79 Å². The molecule has 1 aromatic rings. The van der Waals surface area contributed by atoms with Gasteiger partial charge in [0.2, 0.25) is 65.0 Å². The molecular weight excluding hydrogens is 1130 g/mol. The van der Waals surface area contributed by atoms with Crippen molar-refractivity contribution in [3.8, 4) is 0 Å². The first kappa shape index (κ1) is 69.2. The van der Waals surface area contributed by atoms with Crippen LogP contribution in [-0.2, 0) is 65.3 Å². The number of benzene rings is 1. The molecule has 2 saturated carbocycles. The number of rotatable bonds is 7. The summed E-state index contributed by atoms with van der Waals surface area (Å²) in [5.74, 6) is -7.63. The molecule has 22 nitrogen and oxygen atoms in total. The van der Waals surface area contributed by atoms with Gasteiger partial charge in [0.1, 0.15) is 47.8 Å². The summed E-state index contributed by atoms with van der Waals surface area (Å²) in [7, 11) is 8.37. The summed E-state index contributed by atoms with van der Waals surface area (Å²) >= 11 is 6.08. The quantitative estimate of drug-likeness (QED) is 0.307. The number of hydrogen-bond acceptors (Lipinski definition) is 11. The van der Waals surface area contributed by atoms with Crippen LogP contribution in [0.15, 0.2) is 18.2 Å². The number of likely N-dealkylation sites (N-methyl/N-ethyl adjacent to an activating group) is 6. The fourth-order valence-corrected chi connectivity index (χ4v) is 12.3. The molecule has 0 unspecified atom stereocenters. The highest BCUT2D eigenvalue weighted by Crippen LogP contribution is 2.37. The number of nitrogens with zero attached hydrogens (tertiary/aromatic N) is 7. The highest BCUT2D eigenvalue weighted by molar-refractivity contribution is 6.31. The largest absolute Gasteiger partial charge is 0.417 e. The molecule has 4 N–H and O–H groups in total. The number of amides is 11. The van der Waals surface area contributed by atoms with Crippen molar-refractivity contribution in [1.29, 1.82) is 0 Å². The second kappa shape index (κ2) is 29.7. The lowest BCUT2D eigenvalue weighted by Crippen LogP contribution is -2.64. The topological polar surface area (TPSA) is 259 Å². The molecule has 474 valence electrons. The van der Waals surface area contributed by atoms with Gasteiger partial charge in [-0.25, -0.2) is 0 Å². The normalized spacial score (nSPS) is 27.8. The minimum Gasteiger partial charge on any atom is -0.351 e. The van der Waals surface area contributed by atoms with Crippen LogP contribution in [0.5, 0.6) is 0 Å². The Morgan fingerprint density at radius 1 is 0.659 bits per heavy atom. The van der Waals surface area contributed by atoms with Gasteiger partial charge in [-0.15, -0.1) is 0 Å². The van der Waals surface area contributed by atoms with Gasteiger partial charge in [-0.2, -0.15) is 13.2 Å². The van der Waals surface area contributed by atoms with E-state index in [2.05, 4.69) is 21.3 Å². The van der Waals surface area contributed by atoms with E-state index in [1.165, 1.54) is 76.9 Å². The molecule has 1 aromatic carbocycles. The number of nitrogens with one attached hydrogen (secondary N) is 4. The van der Waals surface area contributed by atoms with E-state index in [0.29, 0.717) is 44.1 Å². The van der Waals surface area contributed by atoms with Crippen LogP contribution in [0.4, 0.5) is 13.2 Å². The molecule has 2 aliphatic carbocycles. The Morgan fingerprint density at radius 2 is 1.26 bits per heavy atom. The summed E-state index contributed by atoms with van der Waals surface area (Å²) in [6.45, 7) is 8.77. The van der Waals surface area contributed by atoms with Crippen LogP contribution >= 0.6 is 11.6 Å². The van der Waals surface area contributed by atoms with Crippen LogP contribution < -0.4 is 21.3 Å². The minimum atomic E-state index is -4.74. The van der Waals surface area contributed by atoms with Gasteiger partial charge < -0.3 is 55.6 Å². The molecule has 2 saturated heterocycles. The second-order valence-corrected chi connectivity index (χ2v) is 24.4. The lowest BCUT2D eigenvalue weighted by atomic mass is 9.90. The van der Waals surface area contributed by atoms with E-state index in [1.54, 1.807) is 20.8 Å². The summed E-state index contributed by atoms with van der Waals surface area (Å²) in [6.07, 6.45) is 0.239. The van der Waals surface area contributed by atoms with E-state index in [4.69, 9.17) is 11.6 Å². The maximum atomic E-state index is 15.1. The third kappa shape index (κ3) is 16.7. The van der Waals surface area contributed by atoms with Gasteiger partial charge in [0, 0.05) is 61.3 Å². The SMILES string of the molecule is CC[C@H](C)[C@@H]1NC(=O)[C@H](C)N(C)C(=O)C[C@@H](C)NC(=O)[C@H](C2CCCC2)N(C)C(=O)C2(CCCC2)NC(=O)[C@@H]2CCCN2C(=O)[C@H](CCc2ccc(C(F)(F)F)c(Cl)c2)NC(=O)[C@@H](C)N(C)C(=O)[C@H](CC)N(C)C(=O)CN(C)C(=O)CN(C)C1=O. The number of aryl methyl sites for hydroxylation is 1. The molecule has 1 spiro atoms. The molecule has 0 radical (unpaired) electrons. The van der Waals surface area contributed by atoms with E-state index in [-0.39, 0.29) is 57.4 Å². The Hall–Kier alpha value is -6.53. The number of halogens is 4. The van der Waals surface area contributed by atoms with Gasteiger partial charge in [0.05, 0.1) is 23.7 Å². The molecule has 0 aromatic heterocycles. The average Bonchev–Trinajstić information content (AvgIpc) is 4.25. The van der Waals surface area contributed by atoms with Crippen LogP contribution in [0.2, 0.25) is 5.02 Å². The third-order valence-electron chi connectivity index (χ3n) is 18.0. The van der Waals surface area contributed by atoms with Crippen LogP contribution in [0, 0.1) is 11.8 Å². The number of fused-ring (bicyclic) bond motifs is 1. The fourth-order valence-electron chi connectivity index (χ4n) is 12.0. The zero-order valence-electron chi connectivity index (χ0n) is 51.4. The Balaban J connectivity index is 1.52. The monoisotopic (exact) mass is 1220 g/mol. The maximum Gasteiger partial charge on any atom is 0.417 e. The molecule has 4 aliphatic rings. The van der Waals surface area contributed by atoms with Gasteiger partial charge in [0.25, 0.3) is 0 Å². The Morgan fingerprint density at radius 3 is 1.85 bits per heavy atom. The van der Waals surface area contributed by atoms with Crippen molar-refractivity contribution in [2.75, 3.05) is 61.9 Å². The van der Waals surface area contributed by atoms with Crippen LogP contribution in [0.1, 0.15) is 143 Å². The first-order valence-corrected chi connectivity index (χ1v) is 30.1. The Labute approximate surface area is 502 Å². The molecule has 0 bridgehead atoms. The van der Waals surface area contributed by atoms with Crippen molar-refractivity contribution in [2.24, 2.45) is 11.8 Å². The van der Waals surface area contributed by atoms with Crippen molar-refractivity contribution >= 4 is 76.6 Å². The third-order valence-corrected chi connectivity index (χ3v) is 18.3.